The van der Waals surface area contributed by atoms with E-state index in [-0.39, 0.29) is 0 Å². The molecule has 1 aromatic rings. The second-order valence-corrected chi connectivity index (χ2v) is 2.77. The van der Waals surface area contributed by atoms with Crippen LogP contribution in [0, 0.1) is 6.92 Å². The number of nitrogens with zero attached hydrogens (tertiary/aromatic N) is 1. The van der Waals surface area contributed by atoms with Gasteiger partial charge >= 0.3 is 5.97 Å². The number of rotatable bonds is 3. The van der Waals surface area contributed by atoms with Gasteiger partial charge in [0.2, 0.25) is 5.88 Å². The number of aromatic nitrogens is 1. The number of carboxylic acid groups (broad SMARTS) is 1. The Bertz CT molecular complexity index is 372. The number of pyridine rings is 1. The zero-order chi connectivity index (χ0) is 10.6. The van der Waals surface area contributed by atoms with Crippen LogP contribution < -0.4 is 4.74 Å². The minimum Gasteiger partial charge on any atom is -0.481 e. The maximum absolute atomic E-state index is 10.2. The fraction of sp³-hybridized carbons (Fsp3) is 0.200. The van der Waals surface area contributed by atoms with Gasteiger partial charge in [0.25, 0.3) is 0 Å². The van der Waals surface area contributed by atoms with Crippen molar-refractivity contribution >= 4 is 12.0 Å². The highest BCUT2D eigenvalue weighted by molar-refractivity contribution is 5.85. The zero-order valence-corrected chi connectivity index (χ0v) is 8.02. The molecule has 1 aromatic heterocycles. The predicted molar refractivity (Wildman–Crippen MR) is 52.2 cm³/mol. The lowest BCUT2D eigenvalue weighted by atomic mass is 10.2. The summed E-state index contributed by atoms with van der Waals surface area (Å²) >= 11 is 0. The summed E-state index contributed by atoms with van der Waals surface area (Å²) in [5.74, 6) is -0.420. The van der Waals surface area contributed by atoms with Crippen LogP contribution in [0.3, 0.4) is 0 Å². The molecule has 1 heterocycles. The first-order valence-corrected chi connectivity index (χ1v) is 4.05. The highest BCUT2D eigenvalue weighted by Crippen LogP contribution is 2.15. The third-order valence-electron chi connectivity index (χ3n) is 1.66. The van der Waals surface area contributed by atoms with Crippen LogP contribution in [-0.4, -0.2) is 23.2 Å². The van der Waals surface area contributed by atoms with Crippen LogP contribution in [-0.2, 0) is 4.79 Å². The van der Waals surface area contributed by atoms with Crippen molar-refractivity contribution < 1.29 is 14.6 Å². The third kappa shape index (κ3) is 2.58. The van der Waals surface area contributed by atoms with Gasteiger partial charge in [-0.15, -0.1) is 0 Å². The molecule has 0 saturated carbocycles. The van der Waals surface area contributed by atoms with Crippen LogP contribution in [0.4, 0.5) is 0 Å². The first kappa shape index (κ1) is 10.2. The molecule has 0 saturated heterocycles. The van der Waals surface area contributed by atoms with E-state index >= 15 is 0 Å². The standard InChI is InChI=1S/C10H11NO3/c1-7-5-8(3-4-9(12)13)6-11-10(7)14-2/h3-6H,1-2H3,(H,12,13). The molecule has 0 atom stereocenters. The molecule has 0 amide bonds. The molecule has 1 rings (SSSR count). The van der Waals surface area contributed by atoms with Crippen molar-refractivity contribution in [3.8, 4) is 5.88 Å². The number of methoxy groups -OCH3 is 1. The van der Waals surface area contributed by atoms with Crippen molar-refractivity contribution in [2.75, 3.05) is 7.11 Å². The van der Waals surface area contributed by atoms with Gasteiger partial charge in [0.05, 0.1) is 7.11 Å². The van der Waals surface area contributed by atoms with Crippen LogP contribution >= 0.6 is 0 Å². The highest BCUT2D eigenvalue weighted by atomic mass is 16.5. The van der Waals surface area contributed by atoms with E-state index in [1.54, 1.807) is 13.3 Å². The molecule has 4 nitrogen and oxygen atoms in total. The van der Waals surface area contributed by atoms with E-state index < -0.39 is 5.97 Å². The smallest absolute Gasteiger partial charge is 0.328 e. The molecular weight excluding hydrogens is 182 g/mol. The van der Waals surface area contributed by atoms with Gasteiger partial charge in [-0.25, -0.2) is 9.78 Å². The molecule has 0 aliphatic rings. The number of ether oxygens (including phenoxy) is 1. The number of aliphatic carboxylic acids is 1. The Labute approximate surface area is 81.9 Å². The second-order valence-electron chi connectivity index (χ2n) is 2.77. The topological polar surface area (TPSA) is 59.4 Å². The van der Waals surface area contributed by atoms with E-state index in [9.17, 15) is 4.79 Å². The minimum atomic E-state index is -0.974. The molecular formula is C10H11NO3. The van der Waals surface area contributed by atoms with Gasteiger partial charge in [0, 0.05) is 17.8 Å². The molecule has 1 N–H and O–H groups in total. The Hall–Kier alpha value is -1.84. The van der Waals surface area contributed by atoms with Crippen LogP contribution in [0.5, 0.6) is 5.88 Å². The molecule has 0 aliphatic heterocycles. The number of carbonyl (C=O) groups is 1. The first-order valence-electron chi connectivity index (χ1n) is 4.05. The summed E-state index contributed by atoms with van der Waals surface area (Å²) in [6.07, 6.45) is 4.12. The Balaban J connectivity index is 2.91. The van der Waals surface area contributed by atoms with Crippen LogP contribution in [0.25, 0.3) is 6.08 Å². The Kier molecular flexibility index (Phi) is 3.23. The second kappa shape index (κ2) is 4.41. The minimum absolute atomic E-state index is 0.553. The van der Waals surface area contributed by atoms with Crippen LogP contribution in [0.15, 0.2) is 18.3 Å². The molecule has 14 heavy (non-hydrogen) atoms. The summed E-state index contributed by atoms with van der Waals surface area (Å²) < 4.78 is 4.97. The fourth-order valence-electron chi connectivity index (χ4n) is 1.06. The number of aryl methyl sites for hydroxylation is 1. The highest BCUT2D eigenvalue weighted by Gasteiger charge is 1.99. The van der Waals surface area contributed by atoms with Gasteiger partial charge in [0.15, 0.2) is 0 Å². The lowest BCUT2D eigenvalue weighted by molar-refractivity contribution is -0.131. The van der Waals surface area contributed by atoms with Gasteiger partial charge < -0.3 is 9.84 Å². The third-order valence-corrected chi connectivity index (χ3v) is 1.66. The van der Waals surface area contributed by atoms with E-state index in [1.165, 1.54) is 6.08 Å². The zero-order valence-electron chi connectivity index (χ0n) is 8.02. The van der Waals surface area contributed by atoms with Gasteiger partial charge in [-0.05, 0) is 24.6 Å². The number of hydrogen-bond donors (Lipinski definition) is 1. The molecule has 0 bridgehead atoms. The maximum atomic E-state index is 10.2. The molecule has 0 aromatic carbocycles. The van der Waals surface area contributed by atoms with E-state index in [0.29, 0.717) is 5.88 Å². The van der Waals surface area contributed by atoms with Crippen molar-refractivity contribution in [1.29, 1.82) is 0 Å². The average molecular weight is 193 g/mol. The van der Waals surface area contributed by atoms with Gasteiger partial charge in [-0.2, -0.15) is 0 Å². The monoisotopic (exact) mass is 193 g/mol. The van der Waals surface area contributed by atoms with Gasteiger partial charge in [-0.3, -0.25) is 0 Å². The summed E-state index contributed by atoms with van der Waals surface area (Å²) in [5, 5.41) is 8.41. The van der Waals surface area contributed by atoms with Crippen molar-refractivity contribution in [2.45, 2.75) is 6.92 Å². The molecule has 0 radical (unpaired) electrons. The van der Waals surface area contributed by atoms with E-state index in [4.69, 9.17) is 9.84 Å². The van der Waals surface area contributed by atoms with Gasteiger partial charge in [-0.1, -0.05) is 0 Å². The first-order chi connectivity index (χ1) is 6.63. The maximum Gasteiger partial charge on any atom is 0.328 e. The summed E-state index contributed by atoms with van der Waals surface area (Å²) in [4.78, 5) is 14.3. The van der Waals surface area contributed by atoms with Crippen LogP contribution in [0.2, 0.25) is 0 Å². The molecule has 4 heteroatoms. The molecule has 0 aliphatic carbocycles. The van der Waals surface area contributed by atoms with E-state index in [1.807, 2.05) is 13.0 Å². The lowest BCUT2D eigenvalue weighted by Gasteiger charge is -2.02. The van der Waals surface area contributed by atoms with Crippen LogP contribution in [0.1, 0.15) is 11.1 Å². The number of hydrogen-bond acceptors (Lipinski definition) is 3. The van der Waals surface area contributed by atoms with E-state index in [0.717, 1.165) is 17.2 Å². The Morgan fingerprint density at radius 3 is 2.86 bits per heavy atom. The van der Waals surface area contributed by atoms with E-state index in [2.05, 4.69) is 4.98 Å². The largest absolute Gasteiger partial charge is 0.481 e. The van der Waals surface area contributed by atoms with Crippen molar-refractivity contribution in [3.05, 3.63) is 29.5 Å². The number of carboxylic acids is 1. The summed E-state index contributed by atoms with van der Waals surface area (Å²) in [6.45, 7) is 1.85. The summed E-state index contributed by atoms with van der Waals surface area (Å²) in [5.41, 5.74) is 1.62. The van der Waals surface area contributed by atoms with Crippen molar-refractivity contribution in [2.24, 2.45) is 0 Å². The average Bonchev–Trinajstić information content (AvgIpc) is 2.15. The molecule has 0 unspecified atom stereocenters. The van der Waals surface area contributed by atoms with Crippen molar-refractivity contribution in [3.63, 3.8) is 0 Å². The normalized spacial score (nSPS) is 10.4. The molecule has 74 valence electrons. The fourth-order valence-corrected chi connectivity index (χ4v) is 1.06. The Morgan fingerprint density at radius 1 is 1.64 bits per heavy atom. The van der Waals surface area contributed by atoms with Gasteiger partial charge in [0.1, 0.15) is 0 Å². The SMILES string of the molecule is COc1ncc(C=CC(=O)O)cc1C. The molecule has 0 spiro atoms. The summed E-state index contributed by atoms with van der Waals surface area (Å²) in [7, 11) is 1.54. The summed E-state index contributed by atoms with van der Waals surface area (Å²) in [6, 6.07) is 1.81. The predicted octanol–water partition coefficient (Wildman–Crippen LogP) is 1.50. The molecule has 0 fully saturated rings. The van der Waals surface area contributed by atoms with Crippen molar-refractivity contribution in [1.82, 2.24) is 4.98 Å². The lowest BCUT2D eigenvalue weighted by Crippen LogP contribution is -1.92. The quantitative estimate of drug-likeness (QED) is 0.739. The Morgan fingerprint density at radius 2 is 2.36 bits per heavy atom.